The Bertz CT molecular complexity index is 600. The molecule has 0 radical (unpaired) electrons. The zero-order chi connectivity index (χ0) is 19.1. The van der Waals surface area contributed by atoms with Gasteiger partial charge < -0.3 is 19.7 Å². The molecule has 1 saturated heterocycles. The normalized spacial score (nSPS) is 16.0. The molecule has 0 spiro atoms. The SMILES string of the molecule is COc1cc(OC)cc(C(=O)NC(C(=O)N2CCCCCC2)C(C)C)c1. The van der Waals surface area contributed by atoms with Gasteiger partial charge in [-0.05, 0) is 30.9 Å². The van der Waals surface area contributed by atoms with E-state index in [0.717, 1.165) is 38.8 Å². The molecule has 144 valence electrons. The van der Waals surface area contributed by atoms with E-state index in [0.29, 0.717) is 17.1 Å². The molecule has 2 amide bonds. The smallest absolute Gasteiger partial charge is 0.252 e. The molecule has 1 aliphatic rings. The van der Waals surface area contributed by atoms with Crippen LogP contribution in [0.25, 0.3) is 0 Å². The van der Waals surface area contributed by atoms with Crippen molar-refractivity contribution in [3.05, 3.63) is 23.8 Å². The topological polar surface area (TPSA) is 67.9 Å². The number of nitrogens with zero attached hydrogens (tertiary/aromatic N) is 1. The largest absolute Gasteiger partial charge is 0.497 e. The van der Waals surface area contributed by atoms with Crippen LogP contribution in [0.4, 0.5) is 0 Å². The van der Waals surface area contributed by atoms with E-state index in [1.54, 1.807) is 18.2 Å². The predicted octanol–water partition coefficient (Wildman–Crippen LogP) is 2.86. The van der Waals surface area contributed by atoms with E-state index < -0.39 is 6.04 Å². The van der Waals surface area contributed by atoms with Gasteiger partial charge in [0.1, 0.15) is 17.5 Å². The third kappa shape index (κ3) is 5.13. The summed E-state index contributed by atoms with van der Waals surface area (Å²) in [5.41, 5.74) is 0.413. The first-order valence-corrected chi connectivity index (χ1v) is 9.29. The van der Waals surface area contributed by atoms with Crippen molar-refractivity contribution in [3.8, 4) is 11.5 Å². The third-order valence-corrected chi connectivity index (χ3v) is 4.75. The molecule has 1 N–H and O–H groups in total. The second kappa shape index (κ2) is 9.46. The molecule has 1 fully saturated rings. The van der Waals surface area contributed by atoms with Crippen molar-refractivity contribution in [3.63, 3.8) is 0 Å². The van der Waals surface area contributed by atoms with E-state index >= 15 is 0 Å². The number of amides is 2. The molecule has 1 atom stereocenters. The van der Waals surface area contributed by atoms with Gasteiger partial charge >= 0.3 is 0 Å². The van der Waals surface area contributed by atoms with Crippen LogP contribution in [0, 0.1) is 5.92 Å². The molecule has 1 unspecified atom stereocenters. The van der Waals surface area contributed by atoms with E-state index in [9.17, 15) is 9.59 Å². The molecule has 6 nitrogen and oxygen atoms in total. The molecule has 6 heteroatoms. The molecule has 0 aliphatic carbocycles. The minimum Gasteiger partial charge on any atom is -0.497 e. The van der Waals surface area contributed by atoms with Crippen molar-refractivity contribution in [1.29, 1.82) is 0 Å². The fraction of sp³-hybridized carbons (Fsp3) is 0.600. The molecule has 1 aromatic carbocycles. The fourth-order valence-corrected chi connectivity index (χ4v) is 3.16. The molecule has 1 aromatic rings. The highest BCUT2D eigenvalue weighted by atomic mass is 16.5. The number of likely N-dealkylation sites (tertiary alicyclic amines) is 1. The summed E-state index contributed by atoms with van der Waals surface area (Å²) in [6, 6.07) is 4.45. The van der Waals surface area contributed by atoms with Crippen molar-refractivity contribution < 1.29 is 19.1 Å². The van der Waals surface area contributed by atoms with Crippen molar-refractivity contribution in [2.75, 3.05) is 27.3 Å². The van der Waals surface area contributed by atoms with Crippen LogP contribution in [-0.4, -0.2) is 50.1 Å². The van der Waals surface area contributed by atoms with Crippen LogP contribution < -0.4 is 14.8 Å². The maximum Gasteiger partial charge on any atom is 0.252 e. The van der Waals surface area contributed by atoms with Gasteiger partial charge in [0.2, 0.25) is 5.91 Å². The summed E-state index contributed by atoms with van der Waals surface area (Å²) in [5.74, 6) is 0.778. The van der Waals surface area contributed by atoms with Crippen LogP contribution in [0.3, 0.4) is 0 Å². The van der Waals surface area contributed by atoms with Crippen LogP contribution in [-0.2, 0) is 4.79 Å². The molecule has 26 heavy (non-hydrogen) atoms. The Morgan fingerprint density at radius 1 is 0.962 bits per heavy atom. The maximum absolute atomic E-state index is 13.0. The van der Waals surface area contributed by atoms with E-state index in [-0.39, 0.29) is 17.7 Å². The van der Waals surface area contributed by atoms with Gasteiger partial charge in [-0.3, -0.25) is 9.59 Å². The number of carbonyl (C=O) groups excluding carboxylic acids is 2. The van der Waals surface area contributed by atoms with Crippen LogP contribution in [0.15, 0.2) is 18.2 Å². The lowest BCUT2D eigenvalue weighted by Crippen LogP contribution is -2.51. The number of benzene rings is 1. The highest BCUT2D eigenvalue weighted by molar-refractivity contribution is 5.98. The molecule has 1 aliphatic heterocycles. The molecule has 1 heterocycles. The minimum absolute atomic E-state index is 0.00204. The Hall–Kier alpha value is -2.24. The van der Waals surface area contributed by atoms with E-state index in [4.69, 9.17) is 9.47 Å². The summed E-state index contributed by atoms with van der Waals surface area (Å²) >= 11 is 0. The third-order valence-electron chi connectivity index (χ3n) is 4.75. The number of ether oxygens (including phenoxy) is 2. The summed E-state index contributed by atoms with van der Waals surface area (Å²) < 4.78 is 10.4. The lowest BCUT2D eigenvalue weighted by atomic mass is 10.0. The standard InChI is InChI=1S/C20H30N2O4/c1-14(2)18(20(24)22-9-7-5-6-8-10-22)21-19(23)15-11-16(25-3)13-17(12-15)26-4/h11-14,18H,5-10H2,1-4H3,(H,21,23). The molecule has 2 rings (SSSR count). The number of nitrogens with one attached hydrogen (secondary N) is 1. The molecule has 0 bridgehead atoms. The van der Waals surface area contributed by atoms with Gasteiger partial charge in [0, 0.05) is 24.7 Å². The summed E-state index contributed by atoms with van der Waals surface area (Å²) in [7, 11) is 3.08. The lowest BCUT2D eigenvalue weighted by molar-refractivity contribution is -0.134. The van der Waals surface area contributed by atoms with Gasteiger partial charge in [0.15, 0.2) is 0 Å². The van der Waals surface area contributed by atoms with Gasteiger partial charge in [-0.2, -0.15) is 0 Å². The molecular weight excluding hydrogens is 332 g/mol. The zero-order valence-electron chi connectivity index (χ0n) is 16.2. The monoisotopic (exact) mass is 362 g/mol. The van der Waals surface area contributed by atoms with Gasteiger partial charge in [-0.15, -0.1) is 0 Å². The fourth-order valence-electron chi connectivity index (χ4n) is 3.16. The molecule has 0 saturated carbocycles. The van der Waals surface area contributed by atoms with Gasteiger partial charge in [-0.25, -0.2) is 0 Å². The van der Waals surface area contributed by atoms with Crippen molar-refractivity contribution in [1.82, 2.24) is 10.2 Å². The second-order valence-electron chi connectivity index (χ2n) is 7.04. The summed E-state index contributed by atoms with van der Waals surface area (Å²) in [6.45, 7) is 5.44. The second-order valence-corrected chi connectivity index (χ2v) is 7.04. The number of hydrogen-bond acceptors (Lipinski definition) is 4. The van der Waals surface area contributed by atoms with Gasteiger partial charge in [-0.1, -0.05) is 26.7 Å². The highest BCUT2D eigenvalue weighted by Gasteiger charge is 2.29. The number of rotatable bonds is 6. The van der Waals surface area contributed by atoms with Gasteiger partial charge in [0.05, 0.1) is 14.2 Å². The van der Waals surface area contributed by atoms with Crippen molar-refractivity contribution >= 4 is 11.8 Å². The van der Waals surface area contributed by atoms with Crippen molar-refractivity contribution in [2.45, 2.75) is 45.6 Å². The molecule has 0 aromatic heterocycles. The van der Waals surface area contributed by atoms with E-state index in [1.807, 2.05) is 18.7 Å². The Kier molecular flexibility index (Phi) is 7.30. The maximum atomic E-state index is 13.0. The Morgan fingerprint density at radius 2 is 1.50 bits per heavy atom. The predicted molar refractivity (Wildman–Crippen MR) is 101 cm³/mol. The van der Waals surface area contributed by atoms with E-state index in [1.165, 1.54) is 14.2 Å². The number of hydrogen-bond donors (Lipinski definition) is 1. The zero-order valence-corrected chi connectivity index (χ0v) is 16.2. The molecular formula is C20H30N2O4. The first-order valence-electron chi connectivity index (χ1n) is 9.29. The Balaban J connectivity index is 2.16. The van der Waals surface area contributed by atoms with Crippen LogP contribution in [0.2, 0.25) is 0 Å². The minimum atomic E-state index is -0.544. The first kappa shape index (κ1) is 20.1. The summed E-state index contributed by atoms with van der Waals surface area (Å²) in [5, 5.41) is 2.91. The average molecular weight is 362 g/mol. The number of carbonyl (C=O) groups is 2. The van der Waals surface area contributed by atoms with Crippen LogP contribution >= 0.6 is 0 Å². The van der Waals surface area contributed by atoms with Crippen LogP contribution in [0.1, 0.15) is 49.9 Å². The Labute approximate surface area is 155 Å². The summed E-state index contributed by atoms with van der Waals surface area (Å²) in [6.07, 6.45) is 4.37. The van der Waals surface area contributed by atoms with Gasteiger partial charge in [0.25, 0.3) is 5.91 Å². The average Bonchev–Trinajstić information content (AvgIpc) is 2.94. The van der Waals surface area contributed by atoms with E-state index in [2.05, 4.69) is 5.32 Å². The summed E-state index contributed by atoms with van der Waals surface area (Å²) in [4.78, 5) is 27.6. The highest BCUT2D eigenvalue weighted by Crippen LogP contribution is 2.23. The van der Waals surface area contributed by atoms with Crippen LogP contribution in [0.5, 0.6) is 11.5 Å². The first-order chi connectivity index (χ1) is 12.5. The lowest BCUT2D eigenvalue weighted by Gasteiger charge is -2.29. The number of methoxy groups -OCH3 is 2. The van der Waals surface area contributed by atoms with Crippen molar-refractivity contribution in [2.24, 2.45) is 5.92 Å². The Morgan fingerprint density at radius 3 is 1.96 bits per heavy atom. The quantitative estimate of drug-likeness (QED) is 0.845.